The molecule has 2 aromatic carbocycles. The molecule has 4 rings (SSSR count). The first-order valence-electron chi connectivity index (χ1n) is 7.76. The minimum atomic E-state index is -0.431. The second kappa shape index (κ2) is 6.51. The van der Waals surface area contributed by atoms with E-state index in [4.69, 9.17) is 17.0 Å². The normalized spacial score (nSPS) is 11.0. The van der Waals surface area contributed by atoms with Crippen molar-refractivity contribution >= 4 is 33.8 Å². The van der Waals surface area contributed by atoms with Crippen LogP contribution in [0.5, 0.6) is 5.75 Å². The van der Waals surface area contributed by atoms with Gasteiger partial charge in [0.2, 0.25) is 0 Å². The van der Waals surface area contributed by atoms with Crippen molar-refractivity contribution in [2.24, 2.45) is 0 Å². The van der Waals surface area contributed by atoms with E-state index in [1.165, 1.54) is 28.0 Å². The summed E-state index contributed by atoms with van der Waals surface area (Å²) in [6, 6.07) is 13.3. The number of halogens is 1. The summed E-state index contributed by atoms with van der Waals surface area (Å²) in [5.41, 5.74) is 1.66. The third kappa shape index (κ3) is 2.65. The van der Waals surface area contributed by atoms with Crippen molar-refractivity contribution in [2.45, 2.75) is 0 Å². The number of ether oxygens (including phenoxy) is 1. The Hall–Kier alpha value is -2.77. The Labute approximate surface area is 157 Å². The Morgan fingerprint density at radius 3 is 2.73 bits per heavy atom. The van der Waals surface area contributed by atoms with Gasteiger partial charge in [0, 0.05) is 16.5 Å². The highest BCUT2D eigenvalue weighted by Crippen LogP contribution is 2.36. The Bertz CT molecular complexity index is 1240. The number of thiophene rings is 1. The van der Waals surface area contributed by atoms with Crippen molar-refractivity contribution < 1.29 is 9.13 Å². The second-order valence-corrected chi connectivity index (χ2v) is 6.87. The van der Waals surface area contributed by atoms with Crippen LogP contribution in [0.4, 0.5) is 4.39 Å². The molecule has 2 aromatic heterocycles. The molecule has 0 saturated heterocycles. The van der Waals surface area contributed by atoms with Gasteiger partial charge in [0.1, 0.15) is 16.4 Å². The number of para-hydroxylation sites is 1. The number of nitrogens with zero attached hydrogens (tertiary/aromatic N) is 1. The van der Waals surface area contributed by atoms with E-state index in [1.54, 1.807) is 19.2 Å². The Morgan fingerprint density at radius 2 is 1.96 bits per heavy atom. The smallest absolute Gasteiger partial charge is 0.268 e. The van der Waals surface area contributed by atoms with Crippen molar-refractivity contribution in [1.29, 1.82) is 0 Å². The van der Waals surface area contributed by atoms with Gasteiger partial charge in [0.05, 0.1) is 18.2 Å². The minimum absolute atomic E-state index is 0.224. The fourth-order valence-corrected chi connectivity index (χ4v) is 4.24. The molecule has 0 fully saturated rings. The summed E-state index contributed by atoms with van der Waals surface area (Å²) >= 11 is 6.73. The Balaban J connectivity index is 2.07. The molecule has 0 amide bonds. The van der Waals surface area contributed by atoms with Gasteiger partial charge in [-0.2, -0.15) is 0 Å². The molecule has 26 heavy (non-hydrogen) atoms. The van der Waals surface area contributed by atoms with Crippen molar-refractivity contribution in [3.05, 3.63) is 74.9 Å². The summed E-state index contributed by atoms with van der Waals surface area (Å²) in [5.74, 6) is 0.241. The average Bonchev–Trinajstić information content (AvgIpc) is 3.05. The third-order valence-electron chi connectivity index (χ3n) is 4.10. The molecule has 0 aliphatic rings. The lowest BCUT2D eigenvalue weighted by molar-refractivity contribution is 0.416. The number of rotatable bonds is 3. The predicted molar refractivity (Wildman–Crippen MR) is 105 cm³/mol. The fraction of sp³-hybridized carbons (Fsp3) is 0.0526. The van der Waals surface area contributed by atoms with Gasteiger partial charge in [-0.25, -0.2) is 4.39 Å². The number of aromatic amines is 1. The lowest BCUT2D eigenvalue weighted by atomic mass is 10.1. The van der Waals surface area contributed by atoms with E-state index in [0.717, 1.165) is 11.1 Å². The maximum Gasteiger partial charge on any atom is 0.268 e. The molecule has 0 saturated carbocycles. The highest BCUT2D eigenvalue weighted by Gasteiger charge is 2.17. The topological polar surface area (TPSA) is 47.0 Å². The standard InChI is InChI=1S/C19H13FN2O2S2/c1-24-15-8-3-2-7-13(15)14-10-26-17-16(14)18(23)22(19(25)21-17)12-6-4-5-11(20)9-12/h2-10H,1H3,(H,21,25). The molecule has 0 spiro atoms. The summed E-state index contributed by atoms with van der Waals surface area (Å²) in [7, 11) is 1.59. The molecule has 1 N–H and O–H groups in total. The van der Waals surface area contributed by atoms with E-state index < -0.39 is 5.82 Å². The number of hydrogen-bond donors (Lipinski definition) is 1. The molecule has 7 heteroatoms. The van der Waals surface area contributed by atoms with Gasteiger partial charge in [-0.3, -0.25) is 9.36 Å². The fourth-order valence-electron chi connectivity index (χ4n) is 2.93. The molecule has 0 unspecified atom stereocenters. The van der Waals surface area contributed by atoms with Crippen molar-refractivity contribution in [3.8, 4) is 22.6 Å². The van der Waals surface area contributed by atoms with E-state index >= 15 is 0 Å². The molecule has 0 aliphatic heterocycles. The minimum Gasteiger partial charge on any atom is -0.496 e. The maximum atomic E-state index is 13.6. The number of benzene rings is 2. The highest BCUT2D eigenvalue weighted by atomic mass is 32.1. The van der Waals surface area contributed by atoms with Crippen LogP contribution in [0.15, 0.2) is 58.7 Å². The van der Waals surface area contributed by atoms with Crippen LogP contribution in [0.2, 0.25) is 0 Å². The zero-order valence-electron chi connectivity index (χ0n) is 13.7. The summed E-state index contributed by atoms with van der Waals surface area (Å²) in [5, 5.41) is 2.39. The molecule has 0 radical (unpaired) electrons. The van der Waals surface area contributed by atoms with Crippen LogP contribution >= 0.6 is 23.6 Å². The van der Waals surface area contributed by atoms with Crippen LogP contribution in [0.25, 0.3) is 27.0 Å². The number of nitrogens with one attached hydrogen (secondary N) is 1. The molecular formula is C19H13FN2O2S2. The number of methoxy groups -OCH3 is 1. The van der Waals surface area contributed by atoms with Gasteiger partial charge in [0.15, 0.2) is 4.77 Å². The van der Waals surface area contributed by atoms with Crippen molar-refractivity contribution in [3.63, 3.8) is 0 Å². The maximum absolute atomic E-state index is 13.6. The van der Waals surface area contributed by atoms with Crippen LogP contribution in [-0.4, -0.2) is 16.7 Å². The number of aromatic nitrogens is 2. The number of H-pyrrole nitrogens is 1. The zero-order chi connectivity index (χ0) is 18.3. The summed E-state index contributed by atoms with van der Waals surface area (Å²) in [6.07, 6.45) is 0. The molecule has 0 aliphatic carbocycles. The Kier molecular flexibility index (Phi) is 4.18. The molecule has 130 valence electrons. The van der Waals surface area contributed by atoms with Crippen LogP contribution in [0.3, 0.4) is 0 Å². The van der Waals surface area contributed by atoms with Crippen LogP contribution in [0.1, 0.15) is 0 Å². The van der Waals surface area contributed by atoms with Gasteiger partial charge in [-0.05, 0) is 36.5 Å². The van der Waals surface area contributed by atoms with Gasteiger partial charge in [0.25, 0.3) is 5.56 Å². The first kappa shape index (κ1) is 16.7. The zero-order valence-corrected chi connectivity index (χ0v) is 15.3. The van der Waals surface area contributed by atoms with Crippen LogP contribution in [-0.2, 0) is 0 Å². The summed E-state index contributed by atoms with van der Waals surface area (Å²) < 4.78 is 20.6. The van der Waals surface area contributed by atoms with Gasteiger partial charge in [-0.15, -0.1) is 11.3 Å². The van der Waals surface area contributed by atoms with Crippen molar-refractivity contribution in [2.75, 3.05) is 7.11 Å². The molecule has 4 aromatic rings. The molecule has 2 heterocycles. The SMILES string of the molecule is COc1ccccc1-c1csc2[nH]c(=S)n(-c3cccc(F)c3)c(=O)c12. The average molecular weight is 384 g/mol. The predicted octanol–water partition coefficient (Wildman–Crippen LogP) is 4.92. The van der Waals surface area contributed by atoms with Crippen molar-refractivity contribution in [1.82, 2.24) is 9.55 Å². The first-order chi connectivity index (χ1) is 12.6. The molecule has 0 bridgehead atoms. The van der Waals surface area contributed by atoms with Gasteiger partial charge < -0.3 is 9.72 Å². The van der Waals surface area contributed by atoms with E-state index in [9.17, 15) is 9.18 Å². The van der Waals surface area contributed by atoms with Gasteiger partial charge in [-0.1, -0.05) is 24.3 Å². The van der Waals surface area contributed by atoms with Crippen LogP contribution in [0, 0.1) is 10.6 Å². The largest absolute Gasteiger partial charge is 0.496 e. The second-order valence-electron chi connectivity index (χ2n) is 5.60. The van der Waals surface area contributed by atoms with Crippen LogP contribution < -0.4 is 10.3 Å². The monoisotopic (exact) mass is 384 g/mol. The van der Waals surface area contributed by atoms with E-state index in [1.807, 2.05) is 29.6 Å². The third-order valence-corrected chi connectivity index (χ3v) is 5.28. The summed E-state index contributed by atoms with van der Waals surface area (Å²) in [4.78, 5) is 17.0. The van der Waals surface area contributed by atoms with E-state index in [-0.39, 0.29) is 10.3 Å². The summed E-state index contributed by atoms with van der Waals surface area (Å²) in [6.45, 7) is 0. The van der Waals surface area contributed by atoms with E-state index in [2.05, 4.69) is 4.98 Å². The molecule has 4 nitrogen and oxygen atoms in total. The quantitative estimate of drug-likeness (QED) is 0.510. The highest BCUT2D eigenvalue weighted by molar-refractivity contribution is 7.71. The first-order valence-corrected chi connectivity index (χ1v) is 9.05. The van der Waals surface area contributed by atoms with Gasteiger partial charge >= 0.3 is 0 Å². The van der Waals surface area contributed by atoms with E-state index in [0.29, 0.717) is 21.7 Å². The number of hydrogen-bond acceptors (Lipinski definition) is 4. The number of fused-ring (bicyclic) bond motifs is 1. The lowest BCUT2D eigenvalue weighted by Gasteiger charge is -2.09. The lowest BCUT2D eigenvalue weighted by Crippen LogP contribution is -2.20. The molecule has 0 atom stereocenters. The molecular weight excluding hydrogens is 371 g/mol. The Morgan fingerprint density at radius 1 is 1.15 bits per heavy atom.